The molecule has 1 N–H and O–H groups in total. The van der Waals surface area contributed by atoms with E-state index in [1.165, 1.54) is 11.8 Å². The molecule has 0 aromatic carbocycles. The maximum atomic E-state index is 12.2. The number of rotatable bonds is 5. The molecule has 24 heavy (non-hydrogen) atoms. The number of carbonyl (C=O) groups is 1. The van der Waals surface area contributed by atoms with Crippen molar-refractivity contribution in [1.29, 1.82) is 0 Å². The Labute approximate surface area is 144 Å². The number of thioether (sulfide) groups is 1. The van der Waals surface area contributed by atoms with Gasteiger partial charge in [0.15, 0.2) is 0 Å². The molecule has 2 aromatic rings. The number of morpholine rings is 1. The van der Waals surface area contributed by atoms with Gasteiger partial charge in [-0.3, -0.25) is 9.89 Å². The van der Waals surface area contributed by atoms with Crippen LogP contribution in [-0.2, 0) is 9.53 Å². The molecule has 1 fully saturated rings. The summed E-state index contributed by atoms with van der Waals surface area (Å²) in [6, 6.07) is 3.79. The smallest absolute Gasteiger partial charge is 0.233 e. The van der Waals surface area contributed by atoms with Crippen molar-refractivity contribution in [2.24, 2.45) is 0 Å². The van der Waals surface area contributed by atoms with Gasteiger partial charge in [-0.2, -0.15) is 0 Å². The van der Waals surface area contributed by atoms with Crippen LogP contribution in [0.1, 0.15) is 24.3 Å². The molecule has 3 heterocycles. The van der Waals surface area contributed by atoms with Crippen molar-refractivity contribution in [2.75, 3.05) is 25.4 Å². The molecule has 8 heteroatoms. The van der Waals surface area contributed by atoms with E-state index in [1.807, 2.05) is 37.0 Å². The summed E-state index contributed by atoms with van der Waals surface area (Å²) >= 11 is 1.33. The fourth-order valence-electron chi connectivity index (χ4n) is 2.36. The van der Waals surface area contributed by atoms with E-state index in [0.717, 1.165) is 11.5 Å². The molecule has 0 aliphatic carbocycles. The van der Waals surface area contributed by atoms with Crippen LogP contribution in [0.25, 0.3) is 12.2 Å². The first kappa shape index (κ1) is 16.8. The van der Waals surface area contributed by atoms with Gasteiger partial charge in [0.2, 0.25) is 11.1 Å². The van der Waals surface area contributed by atoms with E-state index in [-0.39, 0.29) is 12.0 Å². The maximum Gasteiger partial charge on any atom is 0.233 e. The molecular weight excluding hydrogens is 328 g/mol. The van der Waals surface area contributed by atoms with Gasteiger partial charge in [0.25, 0.3) is 0 Å². The van der Waals surface area contributed by atoms with E-state index in [1.54, 1.807) is 6.08 Å². The van der Waals surface area contributed by atoms with E-state index in [9.17, 15) is 4.79 Å². The summed E-state index contributed by atoms with van der Waals surface area (Å²) in [5.41, 5.74) is 0. The van der Waals surface area contributed by atoms with E-state index in [0.29, 0.717) is 36.4 Å². The summed E-state index contributed by atoms with van der Waals surface area (Å²) < 4.78 is 10.9. The molecule has 1 saturated heterocycles. The second-order valence-corrected chi connectivity index (χ2v) is 6.54. The summed E-state index contributed by atoms with van der Waals surface area (Å²) in [7, 11) is 0. The number of aryl methyl sites for hydroxylation is 1. The third kappa shape index (κ3) is 4.48. The maximum absolute atomic E-state index is 12.2. The average Bonchev–Trinajstić information content (AvgIpc) is 3.19. The molecule has 1 aliphatic heterocycles. The Morgan fingerprint density at radius 3 is 3.12 bits per heavy atom. The number of nitrogens with zero attached hydrogens (tertiary/aromatic N) is 3. The number of hydrogen-bond donors (Lipinski definition) is 1. The highest BCUT2D eigenvalue weighted by Crippen LogP contribution is 2.16. The zero-order valence-corrected chi connectivity index (χ0v) is 14.5. The molecule has 0 radical (unpaired) electrons. The second kappa shape index (κ2) is 7.67. The summed E-state index contributed by atoms with van der Waals surface area (Å²) in [6.45, 7) is 5.76. The second-order valence-electron chi connectivity index (χ2n) is 5.59. The molecule has 1 amide bonds. The fraction of sp³-hybridized carbons (Fsp3) is 0.438. The molecule has 3 rings (SSSR count). The third-order valence-electron chi connectivity index (χ3n) is 3.57. The average molecular weight is 348 g/mol. The van der Waals surface area contributed by atoms with Crippen LogP contribution >= 0.6 is 11.8 Å². The van der Waals surface area contributed by atoms with Crippen LogP contribution in [0.3, 0.4) is 0 Å². The minimum atomic E-state index is 0.0862. The van der Waals surface area contributed by atoms with Gasteiger partial charge in [-0.05, 0) is 38.1 Å². The number of carbonyl (C=O) groups excluding carboxylic acids is 1. The first-order valence-electron chi connectivity index (χ1n) is 7.79. The Bertz CT molecular complexity index is 724. The molecule has 0 saturated carbocycles. The lowest BCUT2D eigenvalue weighted by atomic mass is 10.3. The van der Waals surface area contributed by atoms with Gasteiger partial charge in [-0.15, -0.1) is 5.10 Å². The number of amides is 1. The van der Waals surface area contributed by atoms with Crippen molar-refractivity contribution in [1.82, 2.24) is 20.1 Å². The third-order valence-corrected chi connectivity index (χ3v) is 4.40. The van der Waals surface area contributed by atoms with Crippen LogP contribution in [0.2, 0.25) is 0 Å². The van der Waals surface area contributed by atoms with E-state index in [4.69, 9.17) is 9.15 Å². The highest BCUT2D eigenvalue weighted by Gasteiger charge is 2.21. The molecule has 0 spiro atoms. The minimum Gasteiger partial charge on any atom is -0.462 e. The SMILES string of the molecule is Cc1ccc(/C=C/c2nc(SCC(=O)N3CCOC(C)C3)n[nH]2)o1. The molecule has 1 unspecified atom stereocenters. The normalized spacial score (nSPS) is 18.4. The van der Waals surface area contributed by atoms with Crippen LogP contribution in [0.15, 0.2) is 21.7 Å². The van der Waals surface area contributed by atoms with Gasteiger partial charge in [0.05, 0.1) is 18.5 Å². The van der Waals surface area contributed by atoms with Crippen LogP contribution in [-0.4, -0.2) is 57.5 Å². The molecule has 1 atom stereocenters. The largest absolute Gasteiger partial charge is 0.462 e. The Morgan fingerprint density at radius 2 is 2.38 bits per heavy atom. The predicted octanol–water partition coefficient (Wildman–Crippen LogP) is 2.22. The van der Waals surface area contributed by atoms with Gasteiger partial charge in [-0.25, -0.2) is 4.98 Å². The molecule has 1 aliphatic rings. The van der Waals surface area contributed by atoms with Gasteiger partial charge in [0.1, 0.15) is 17.3 Å². The van der Waals surface area contributed by atoms with Crippen molar-refractivity contribution >= 4 is 29.8 Å². The first-order chi connectivity index (χ1) is 11.6. The lowest BCUT2D eigenvalue weighted by molar-refractivity contribution is -0.135. The number of aromatic nitrogens is 3. The van der Waals surface area contributed by atoms with Crippen molar-refractivity contribution in [3.63, 3.8) is 0 Å². The number of nitrogens with one attached hydrogen (secondary N) is 1. The highest BCUT2D eigenvalue weighted by molar-refractivity contribution is 7.99. The quantitative estimate of drug-likeness (QED) is 0.834. The number of ether oxygens (including phenoxy) is 1. The Balaban J connectivity index is 1.50. The minimum absolute atomic E-state index is 0.0862. The monoisotopic (exact) mass is 348 g/mol. The summed E-state index contributed by atoms with van der Waals surface area (Å²) in [4.78, 5) is 18.4. The van der Waals surface area contributed by atoms with Crippen LogP contribution in [0.4, 0.5) is 0 Å². The molecule has 0 bridgehead atoms. The zero-order valence-electron chi connectivity index (χ0n) is 13.7. The summed E-state index contributed by atoms with van der Waals surface area (Å²) in [6.07, 6.45) is 3.71. The van der Waals surface area contributed by atoms with Crippen molar-refractivity contribution < 1.29 is 13.9 Å². The number of aromatic amines is 1. The Morgan fingerprint density at radius 1 is 1.50 bits per heavy atom. The van der Waals surface area contributed by atoms with Crippen LogP contribution in [0, 0.1) is 6.92 Å². The Hall–Kier alpha value is -2.06. The highest BCUT2D eigenvalue weighted by atomic mass is 32.2. The van der Waals surface area contributed by atoms with Crippen molar-refractivity contribution in [2.45, 2.75) is 25.1 Å². The summed E-state index contributed by atoms with van der Waals surface area (Å²) in [5.74, 6) is 2.65. The predicted molar refractivity (Wildman–Crippen MR) is 91.5 cm³/mol. The zero-order chi connectivity index (χ0) is 16.9. The van der Waals surface area contributed by atoms with Crippen LogP contribution < -0.4 is 0 Å². The van der Waals surface area contributed by atoms with E-state index in [2.05, 4.69) is 15.2 Å². The standard InChI is InChI=1S/C16H20N4O3S/c1-11-3-4-13(23-11)5-6-14-17-16(19-18-14)24-10-15(21)20-7-8-22-12(2)9-20/h3-6,12H,7-10H2,1-2H3,(H,17,18,19)/b6-5+. The molecular formula is C16H20N4O3S. The molecule has 2 aromatic heterocycles. The van der Waals surface area contributed by atoms with Crippen LogP contribution in [0.5, 0.6) is 0 Å². The molecule has 7 nitrogen and oxygen atoms in total. The number of furan rings is 1. The van der Waals surface area contributed by atoms with Gasteiger partial charge >= 0.3 is 0 Å². The van der Waals surface area contributed by atoms with Crippen molar-refractivity contribution in [3.8, 4) is 0 Å². The van der Waals surface area contributed by atoms with E-state index < -0.39 is 0 Å². The Kier molecular flexibility index (Phi) is 5.37. The van der Waals surface area contributed by atoms with Crippen molar-refractivity contribution in [3.05, 3.63) is 29.5 Å². The van der Waals surface area contributed by atoms with Gasteiger partial charge in [0, 0.05) is 13.1 Å². The first-order valence-corrected chi connectivity index (χ1v) is 8.78. The molecule has 128 valence electrons. The number of hydrogen-bond acceptors (Lipinski definition) is 6. The fourth-order valence-corrected chi connectivity index (χ4v) is 3.07. The van der Waals surface area contributed by atoms with E-state index >= 15 is 0 Å². The lowest BCUT2D eigenvalue weighted by Gasteiger charge is -2.31. The van der Waals surface area contributed by atoms with Gasteiger partial charge < -0.3 is 14.1 Å². The number of H-pyrrole nitrogens is 1. The van der Waals surface area contributed by atoms with Gasteiger partial charge in [-0.1, -0.05) is 11.8 Å². The topological polar surface area (TPSA) is 84.3 Å². The lowest BCUT2D eigenvalue weighted by Crippen LogP contribution is -2.45. The summed E-state index contributed by atoms with van der Waals surface area (Å²) in [5, 5.41) is 7.51.